The number of benzene rings is 1. The summed E-state index contributed by atoms with van der Waals surface area (Å²) in [4.78, 5) is 11.7. The first-order chi connectivity index (χ1) is 9.93. The molecule has 0 aromatic heterocycles. The summed E-state index contributed by atoms with van der Waals surface area (Å²) < 4.78 is 28.0. The maximum atomic E-state index is 11.4. The molecule has 0 aliphatic rings. The van der Waals surface area contributed by atoms with E-state index in [2.05, 4.69) is 5.32 Å². The third kappa shape index (κ3) is 8.21. The van der Waals surface area contributed by atoms with Crippen LogP contribution in [0.2, 0.25) is 0 Å². The number of rotatable bonds is 9. The van der Waals surface area contributed by atoms with Gasteiger partial charge in [-0.25, -0.2) is 8.42 Å². The minimum Gasteiger partial charge on any atom is -0.494 e. The van der Waals surface area contributed by atoms with Crippen molar-refractivity contribution in [1.82, 2.24) is 5.32 Å². The lowest BCUT2D eigenvalue weighted by atomic mass is 10.3. The van der Waals surface area contributed by atoms with Gasteiger partial charge in [-0.1, -0.05) is 0 Å². The van der Waals surface area contributed by atoms with Crippen LogP contribution in [0.15, 0.2) is 29.2 Å². The summed E-state index contributed by atoms with van der Waals surface area (Å²) in [5.41, 5.74) is 5.33. The number of carbonyl (C=O) groups excluding carboxylic acids is 1. The van der Waals surface area contributed by atoms with Gasteiger partial charge in [0.15, 0.2) is 9.84 Å². The second-order valence-electron chi connectivity index (χ2n) is 4.69. The fraction of sp³-hybridized carbons (Fsp3) is 0.500. The van der Waals surface area contributed by atoms with Crippen LogP contribution < -0.4 is 15.8 Å². The third-order valence-corrected chi connectivity index (χ3v) is 3.90. The van der Waals surface area contributed by atoms with Crippen LogP contribution in [0.25, 0.3) is 0 Å². The SMILES string of the molecule is CS(=O)(=O)c1ccc(OCCCC(=O)NCCCN)cc1.Cl. The molecule has 22 heavy (non-hydrogen) atoms. The molecule has 1 aromatic rings. The van der Waals surface area contributed by atoms with Crippen LogP contribution in [0.3, 0.4) is 0 Å². The van der Waals surface area contributed by atoms with Crippen molar-refractivity contribution in [2.45, 2.75) is 24.2 Å². The van der Waals surface area contributed by atoms with E-state index in [1.165, 1.54) is 12.1 Å². The molecule has 0 spiro atoms. The van der Waals surface area contributed by atoms with E-state index in [4.69, 9.17) is 10.5 Å². The molecule has 0 radical (unpaired) electrons. The lowest BCUT2D eigenvalue weighted by Gasteiger charge is -2.07. The smallest absolute Gasteiger partial charge is 0.220 e. The van der Waals surface area contributed by atoms with Gasteiger partial charge in [0.25, 0.3) is 0 Å². The Bertz CT molecular complexity index is 546. The van der Waals surface area contributed by atoms with Crippen LogP contribution in [0.1, 0.15) is 19.3 Å². The van der Waals surface area contributed by atoms with Crippen molar-refractivity contribution in [3.05, 3.63) is 24.3 Å². The monoisotopic (exact) mass is 350 g/mol. The molecule has 0 saturated heterocycles. The Labute approximate surface area is 137 Å². The number of carbonyl (C=O) groups is 1. The number of amides is 1. The number of nitrogens with two attached hydrogens (primary N) is 1. The van der Waals surface area contributed by atoms with E-state index in [1.54, 1.807) is 12.1 Å². The van der Waals surface area contributed by atoms with E-state index in [9.17, 15) is 13.2 Å². The van der Waals surface area contributed by atoms with Crippen molar-refractivity contribution in [2.24, 2.45) is 5.73 Å². The zero-order valence-corrected chi connectivity index (χ0v) is 14.2. The second kappa shape index (κ2) is 10.4. The molecule has 0 fully saturated rings. The molecule has 0 aliphatic carbocycles. The lowest BCUT2D eigenvalue weighted by Crippen LogP contribution is -2.26. The number of hydrogen-bond acceptors (Lipinski definition) is 5. The van der Waals surface area contributed by atoms with Gasteiger partial charge >= 0.3 is 0 Å². The normalized spacial score (nSPS) is 10.6. The van der Waals surface area contributed by atoms with Crippen molar-refractivity contribution in [2.75, 3.05) is 26.0 Å². The number of sulfone groups is 1. The Morgan fingerprint density at radius 2 is 1.86 bits per heavy atom. The van der Waals surface area contributed by atoms with Gasteiger partial charge in [0, 0.05) is 19.2 Å². The van der Waals surface area contributed by atoms with Crippen molar-refractivity contribution in [3.8, 4) is 5.75 Å². The van der Waals surface area contributed by atoms with Gasteiger partial charge in [0.1, 0.15) is 5.75 Å². The average molecular weight is 351 g/mol. The van der Waals surface area contributed by atoms with E-state index >= 15 is 0 Å². The fourth-order valence-electron chi connectivity index (χ4n) is 1.62. The summed E-state index contributed by atoms with van der Waals surface area (Å²) in [6, 6.07) is 6.23. The minimum atomic E-state index is -3.18. The molecule has 0 unspecified atom stereocenters. The van der Waals surface area contributed by atoms with Crippen LogP contribution in [-0.2, 0) is 14.6 Å². The zero-order valence-electron chi connectivity index (χ0n) is 12.6. The lowest BCUT2D eigenvalue weighted by molar-refractivity contribution is -0.121. The highest BCUT2D eigenvalue weighted by molar-refractivity contribution is 7.90. The highest BCUT2D eigenvalue weighted by Gasteiger charge is 2.06. The van der Waals surface area contributed by atoms with Crippen LogP contribution >= 0.6 is 12.4 Å². The molecule has 1 amide bonds. The fourth-order valence-corrected chi connectivity index (χ4v) is 2.25. The molecular weight excluding hydrogens is 328 g/mol. The van der Waals surface area contributed by atoms with Crippen molar-refractivity contribution < 1.29 is 17.9 Å². The summed E-state index contributed by atoms with van der Waals surface area (Å²) in [7, 11) is -3.18. The summed E-state index contributed by atoms with van der Waals surface area (Å²) >= 11 is 0. The van der Waals surface area contributed by atoms with Gasteiger partial charge in [0.2, 0.25) is 5.91 Å². The van der Waals surface area contributed by atoms with Crippen molar-refractivity contribution >= 4 is 28.2 Å². The Morgan fingerprint density at radius 1 is 1.23 bits per heavy atom. The Morgan fingerprint density at radius 3 is 2.41 bits per heavy atom. The molecular formula is C14H23ClN2O4S. The summed E-state index contributed by atoms with van der Waals surface area (Å²) in [5.74, 6) is 0.574. The Kier molecular flexibility index (Phi) is 9.80. The van der Waals surface area contributed by atoms with Crippen LogP contribution in [-0.4, -0.2) is 40.3 Å². The standard InChI is InChI=1S/C14H22N2O4S.ClH/c1-21(18,19)13-7-5-12(6-8-13)20-11-2-4-14(17)16-10-3-9-15;/h5-8H,2-4,9-11,15H2,1H3,(H,16,17);1H. The summed E-state index contributed by atoms with van der Waals surface area (Å²) in [6.07, 6.45) is 2.93. The minimum absolute atomic E-state index is 0. The van der Waals surface area contributed by atoms with E-state index < -0.39 is 9.84 Å². The summed E-state index contributed by atoms with van der Waals surface area (Å²) in [5, 5.41) is 2.77. The van der Waals surface area contributed by atoms with Crippen LogP contribution in [0.4, 0.5) is 0 Å². The molecule has 0 aliphatic heterocycles. The highest BCUT2D eigenvalue weighted by atomic mass is 35.5. The topological polar surface area (TPSA) is 98.5 Å². The van der Waals surface area contributed by atoms with E-state index in [0.717, 1.165) is 12.7 Å². The molecule has 8 heteroatoms. The molecule has 0 heterocycles. The number of nitrogens with one attached hydrogen (secondary N) is 1. The predicted molar refractivity (Wildman–Crippen MR) is 88.2 cm³/mol. The molecule has 1 aromatic carbocycles. The second-order valence-corrected chi connectivity index (χ2v) is 6.70. The van der Waals surface area contributed by atoms with Crippen molar-refractivity contribution in [3.63, 3.8) is 0 Å². The van der Waals surface area contributed by atoms with Gasteiger partial charge in [-0.15, -0.1) is 12.4 Å². The van der Waals surface area contributed by atoms with Gasteiger partial charge in [0.05, 0.1) is 11.5 Å². The molecule has 3 N–H and O–H groups in total. The third-order valence-electron chi connectivity index (χ3n) is 2.77. The predicted octanol–water partition coefficient (Wildman–Crippen LogP) is 1.14. The van der Waals surface area contributed by atoms with Gasteiger partial charge in [-0.05, 0) is 43.7 Å². The Balaban J connectivity index is 0.00000441. The quantitative estimate of drug-likeness (QED) is 0.651. The maximum absolute atomic E-state index is 11.4. The first-order valence-corrected chi connectivity index (χ1v) is 8.72. The van der Waals surface area contributed by atoms with Crippen LogP contribution in [0.5, 0.6) is 5.75 Å². The molecule has 1 rings (SSSR count). The van der Waals surface area contributed by atoms with Crippen LogP contribution in [0, 0.1) is 0 Å². The summed E-state index contributed by atoms with van der Waals surface area (Å²) in [6.45, 7) is 1.57. The first-order valence-electron chi connectivity index (χ1n) is 6.83. The molecule has 0 bridgehead atoms. The molecule has 6 nitrogen and oxygen atoms in total. The number of halogens is 1. The molecule has 0 saturated carbocycles. The Hall–Kier alpha value is -1.31. The maximum Gasteiger partial charge on any atom is 0.220 e. The van der Waals surface area contributed by atoms with Crippen molar-refractivity contribution in [1.29, 1.82) is 0 Å². The molecule has 126 valence electrons. The largest absolute Gasteiger partial charge is 0.494 e. The average Bonchev–Trinajstić information content (AvgIpc) is 2.43. The van der Waals surface area contributed by atoms with Gasteiger partial charge < -0.3 is 15.8 Å². The first kappa shape index (κ1) is 20.7. The highest BCUT2D eigenvalue weighted by Crippen LogP contribution is 2.16. The van der Waals surface area contributed by atoms with E-state index in [1.807, 2.05) is 0 Å². The van der Waals surface area contributed by atoms with E-state index in [0.29, 0.717) is 38.3 Å². The molecule has 0 atom stereocenters. The zero-order chi connectivity index (χ0) is 15.7. The van der Waals surface area contributed by atoms with E-state index in [-0.39, 0.29) is 23.2 Å². The van der Waals surface area contributed by atoms with Gasteiger partial charge in [-0.3, -0.25) is 4.79 Å². The number of hydrogen-bond donors (Lipinski definition) is 2. The van der Waals surface area contributed by atoms with Gasteiger partial charge in [-0.2, -0.15) is 0 Å². The number of ether oxygens (including phenoxy) is 1.